The molecule has 1 rings (SSSR count). The molecule has 0 radical (unpaired) electrons. The molecule has 1 aliphatic rings. The summed E-state index contributed by atoms with van der Waals surface area (Å²) in [5, 5.41) is 0. The molecule has 1 heterocycles. The van der Waals surface area contributed by atoms with Crippen LogP contribution in [0, 0.1) is 0 Å². The molecule has 2 atom stereocenters. The maximum Gasteiger partial charge on any atom is 0.219 e. The van der Waals surface area contributed by atoms with Crippen molar-refractivity contribution < 1.29 is 4.79 Å². The lowest BCUT2D eigenvalue weighted by molar-refractivity contribution is -0.133. The SMILES string of the molecule is CC(=O)N1C[C@H](C)N(I)C[C@H]1C. The molecule has 4 heteroatoms. The standard InChI is InChI=1S/C8H15IN2O/c1-6-5-11(9)7(2)4-10(6)8(3)12/h6-7H,4-5H2,1-3H3/t6-,7+/m1/s1. The van der Waals surface area contributed by atoms with E-state index in [1.165, 1.54) is 0 Å². The van der Waals surface area contributed by atoms with Crippen LogP contribution >= 0.6 is 22.9 Å². The van der Waals surface area contributed by atoms with Gasteiger partial charge in [-0.2, -0.15) is 0 Å². The van der Waals surface area contributed by atoms with Crippen LogP contribution in [-0.4, -0.2) is 39.1 Å². The predicted octanol–water partition coefficient (Wildman–Crippen LogP) is 1.28. The highest BCUT2D eigenvalue weighted by Crippen LogP contribution is 2.18. The molecule has 0 unspecified atom stereocenters. The number of nitrogens with zero attached hydrogens (tertiary/aromatic N) is 2. The first kappa shape index (κ1) is 10.2. The molecule has 0 aromatic rings. The Morgan fingerprint density at radius 3 is 2.42 bits per heavy atom. The summed E-state index contributed by atoms with van der Waals surface area (Å²) >= 11 is 2.33. The summed E-state index contributed by atoms with van der Waals surface area (Å²) in [6.45, 7) is 7.72. The maximum atomic E-state index is 11.2. The second-order valence-corrected chi connectivity index (χ2v) is 4.69. The van der Waals surface area contributed by atoms with Gasteiger partial charge in [0.15, 0.2) is 0 Å². The average Bonchev–Trinajstić information content (AvgIpc) is 1.96. The number of carbonyl (C=O) groups excluding carboxylic acids is 1. The number of hydrogen-bond acceptors (Lipinski definition) is 2. The molecule has 0 spiro atoms. The van der Waals surface area contributed by atoms with E-state index in [9.17, 15) is 4.79 Å². The fraction of sp³-hybridized carbons (Fsp3) is 0.875. The summed E-state index contributed by atoms with van der Waals surface area (Å²) in [4.78, 5) is 13.1. The molecule has 70 valence electrons. The van der Waals surface area contributed by atoms with Gasteiger partial charge in [-0.25, -0.2) is 3.11 Å². The molecule has 12 heavy (non-hydrogen) atoms. The molecule has 0 aromatic heterocycles. The van der Waals surface area contributed by atoms with Gasteiger partial charge in [0.1, 0.15) is 0 Å². The molecule has 1 aliphatic heterocycles. The predicted molar refractivity (Wildman–Crippen MR) is 57.0 cm³/mol. The van der Waals surface area contributed by atoms with Crippen LogP contribution in [0.15, 0.2) is 0 Å². The van der Waals surface area contributed by atoms with Gasteiger partial charge in [0.05, 0.1) is 0 Å². The third-order valence-corrected chi connectivity index (χ3v) is 3.66. The van der Waals surface area contributed by atoms with Gasteiger partial charge in [0, 0.05) is 55.0 Å². The number of amides is 1. The summed E-state index contributed by atoms with van der Waals surface area (Å²) in [5.74, 6) is 0.193. The molecule has 0 bridgehead atoms. The van der Waals surface area contributed by atoms with E-state index in [1.54, 1.807) is 6.92 Å². The zero-order chi connectivity index (χ0) is 9.30. The van der Waals surface area contributed by atoms with Crippen molar-refractivity contribution in [2.45, 2.75) is 32.9 Å². The summed E-state index contributed by atoms with van der Waals surface area (Å²) in [6, 6.07) is 0.835. The summed E-state index contributed by atoms with van der Waals surface area (Å²) in [5.41, 5.74) is 0. The van der Waals surface area contributed by atoms with E-state index < -0.39 is 0 Å². The van der Waals surface area contributed by atoms with E-state index in [4.69, 9.17) is 0 Å². The maximum absolute atomic E-state index is 11.2. The highest BCUT2D eigenvalue weighted by molar-refractivity contribution is 14.1. The number of hydrogen-bond donors (Lipinski definition) is 0. The van der Waals surface area contributed by atoms with Crippen molar-refractivity contribution in [3.63, 3.8) is 0 Å². The summed E-state index contributed by atoms with van der Waals surface area (Å²) < 4.78 is 2.27. The first-order chi connectivity index (χ1) is 5.52. The zero-order valence-corrected chi connectivity index (χ0v) is 9.91. The van der Waals surface area contributed by atoms with Crippen molar-refractivity contribution in [3.8, 4) is 0 Å². The van der Waals surface area contributed by atoms with Crippen molar-refractivity contribution in [3.05, 3.63) is 0 Å². The van der Waals surface area contributed by atoms with Gasteiger partial charge in [-0.05, 0) is 13.8 Å². The Labute approximate surface area is 87.6 Å². The fourth-order valence-corrected chi connectivity index (χ4v) is 2.27. The molecular weight excluding hydrogens is 267 g/mol. The molecule has 1 fully saturated rings. The van der Waals surface area contributed by atoms with E-state index in [2.05, 4.69) is 39.8 Å². The third-order valence-electron chi connectivity index (χ3n) is 2.31. The Kier molecular flexibility index (Phi) is 3.34. The third kappa shape index (κ3) is 2.10. The highest BCUT2D eigenvalue weighted by Gasteiger charge is 2.28. The van der Waals surface area contributed by atoms with Crippen LogP contribution in [0.1, 0.15) is 20.8 Å². The minimum Gasteiger partial charge on any atom is -0.337 e. The number of carbonyl (C=O) groups is 1. The average molecular weight is 282 g/mol. The van der Waals surface area contributed by atoms with Crippen LogP contribution in [0.5, 0.6) is 0 Å². The van der Waals surface area contributed by atoms with Gasteiger partial charge in [0.2, 0.25) is 5.91 Å². The lowest BCUT2D eigenvalue weighted by atomic mass is 10.1. The number of halogens is 1. The Bertz CT molecular complexity index is 186. The Morgan fingerprint density at radius 1 is 1.33 bits per heavy atom. The second kappa shape index (κ2) is 3.91. The lowest BCUT2D eigenvalue weighted by Crippen LogP contribution is -2.54. The van der Waals surface area contributed by atoms with Crippen LogP contribution in [0.4, 0.5) is 0 Å². The van der Waals surface area contributed by atoms with Crippen molar-refractivity contribution in [2.75, 3.05) is 13.1 Å². The molecule has 1 amide bonds. The van der Waals surface area contributed by atoms with Gasteiger partial charge in [-0.15, -0.1) is 0 Å². The summed E-state index contributed by atoms with van der Waals surface area (Å²) in [6.07, 6.45) is 0. The second-order valence-electron chi connectivity index (χ2n) is 3.45. The van der Waals surface area contributed by atoms with Gasteiger partial charge in [-0.1, -0.05) is 0 Å². The van der Waals surface area contributed by atoms with E-state index in [0.29, 0.717) is 12.1 Å². The zero-order valence-electron chi connectivity index (χ0n) is 7.75. The molecule has 0 aliphatic carbocycles. The summed E-state index contributed by atoms with van der Waals surface area (Å²) in [7, 11) is 0. The molecular formula is C8H15IN2O. The van der Waals surface area contributed by atoms with Crippen LogP contribution < -0.4 is 0 Å². The largest absolute Gasteiger partial charge is 0.337 e. The van der Waals surface area contributed by atoms with Crippen LogP contribution in [0.2, 0.25) is 0 Å². The molecule has 0 aromatic carbocycles. The van der Waals surface area contributed by atoms with Gasteiger partial charge < -0.3 is 4.90 Å². The van der Waals surface area contributed by atoms with E-state index >= 15 is 0 Å². The minimum absolute atomic E-state index is 0.193. The van der Waals surface area contributed by atoms with E-state index in [-0.39, 0.29) is 5.91 Å². The van der Waals surface area contributed by atoms with Crippen molar-refractivity contribution >= 4 is 28.8 Å². The number of piperazine rings is 1. The first-order valence-electron chi connectivity index (χ1n) is 4.22. The van der Waals surface area contributed by atoms with Crippen molar-refractivity contribution in [1.29, 1.82) is 0 Å². The van der Waals surface area contributed by atoms with Crippen molar-refractivity contribution in [1.82, 2.24) is 8.01 Å². The normalized spacial score (nSPS) is 32.2. The Morgan fingerprint density at radius 2 is 1.92 bits per heavy atom. The number of rotatable bonds is 0. The molecule has 0 N–H and O–H groups in total. The smallest absolute Gasteiger partial charge is 0.219 e. The molecule has 3 nitrogen and oxygen atoms in total. The van der Waals surface area contributed by atoms with Crippen LogP contribution in [-0.2, 0) is 4.79 Å². The Hall–Kier alpha value is 0.160. The minimum atomic E-state index is 0.193. The molecule has 0 saturated carbocycles. The van der Waals surface area contributed by atoms with Crippen molar-refractivity contribution in [2.24, 2.45) is 0 Å². The lowest BCUT2D eigenvalue weighted by Gasteiger charge is -2.40. The van der Waals surface area contributed by atoms with Crippen LogP contribution in [0.3, 0.4) is 0 Å². The quantitative estimate of drug-likeness (QED) is 0.493. The van der Waals surface area contributed by atoms with E-state index in [1.807, 2.05) is 4.90 Å². The van der Waals surface area contributed by atoms with Gasteiger partial charge >= 0.3 is 0 Å². The molecule has 1 saturated heterocycles. The topological polar surface area (TPSA) is 23.6 Å². The van der Waals surface area contributed by atoms with Gasteiger partial charge in [-0.3, -0.25) is 4.79 Å². The Balaban J connectivity index is 2.61. The monoisotopic (exact) mass is 282 g/mol. The first-order valence-corrected chi connectivity index (χ1v) is 5.18. The van der Waals surface area contributed by atoms with Crippen LogP contribution in [0.25, 0.3) is 0 Å². The van der Waals surface area contributed by atoms with E-state index in [0.717, 1.165) is 13.1 Å². The van der Waals surface area contributed by atoms with Gasteiger partial charge in [0.25, 0.3) is 0 Å². The fourth-order valence-electron chi connectivity index (χ4n) is 1.52. The highest BCUT2D eigenvalue weighted by atomic mass is 127.